The SMILES string of the molecule is CC(O)CCN[C@H]1C[C@H]2CC[C@@H](C1)N2C(=O)O. The Morgan fingerprint density at radius 2 is 2.00 bits per heavy atom. The van der Waals surface area contributed by atoms with Crippen molar-refractivity contribution in [1.29, 1.82) is 0 Å². The number of piperidine rings is 1. The van der Waals surface area contributed by atoms with E-state index in [0.717, 1.165) is 38.6 Å². The predicted octanol–water partition coefficient (Wildman–Crippen LogP) is 1.02. The van der Waals surface area contributed by atoms with Gasteiger partial charge < -0.3 is 20.4 Å². The zero-order valence-electron chi connectivity index (χ0n) is 10.3. The number of rotatable bonds is 4. The van der Waals surface area contributed by atoms with Crippen molar-refractivity contribution in [2.24, 2.45) is 0 Å². The predicted molar refractivity (Wildman–Crippen MR) is 64.0 cm³/mol. The van der Waals surface area contributed by atoms with Crippen molar-refractivity contribution in [1.82, 2.24) is 10.2 Å². The van der Waals surface area contributed by atoms with Gasteiger partial charge in [-0.15, -0.1) is 0 Å². The number of aliphatic hydroxyl groups excluding tert-OH is 1. The summed E-state index contributed by atoms with van der Waals surface area (Å²) in [6.07, 6.45) is 3.58. The number of aliphatic hydroxyl groups is 1. The maximum atomic E-state index is 11.1. The quantitative estimate of drug-likeness (QED) is 0.688. The lowest BCUT2D eigenvalue weighted by Gasteiger charge is -2.37. The Kier molecular flexibility index (Phi) is 3.89. The molecule has 2 heterocycles. The van der Waals surface area contributed by atoms with Crippen molar-refractivity contribution in [3.63, 3.8) is 0 Å². The second kappa shape index (κ2) is 5.23. The average Bonchev–Trinajstić information content (AvgIpc) is 2.50. The van der Waals surface area contributed by atoms with E-state index in [4.69, 9.17) is 5.11 Å². The van der Waals surface area contributed by atoms with Crippen LogP contribution >= 0.6 is 0 Å². The summed E-state index contributed by atoms with van der Waals surface area (Å²) in [5.74, 6) is 0. The van der Waals surface area contributed by atoms with Gasteiger partial charge in [-0.05, 0) is 45.6 Å². The van der Waals surface area contributed by atoms with E-state index in [1.807, 2.05) is 0 Å². The number of amides is 1. The molecule has 5 nitrogen and oxygen atoms in total. The fraction of sp³-hybridized carbons (Fsp3) is 0.917. The first-order chi connectivity index (χ1) is 8.08. The lowest BCUT2D eigenvalue weighted by Crippen LogP contribution is -2.51. The van der Waals surface area contributed by atoms with Crippen LogP contribution in [-0.4, -0.2) is 52.0 Å². The van der Waals surface area contributed by atoms with Crippen LogP contribution < -0.4 is 5.32 Å². The van der Waals surface area contributed by atoms with Gasteiger partial charge in [-0.25, -0.2) is 4.79 Å². The van der Waals surface area contributed by atoms with Crippen molar-refractivity contribution in [3.05, 3.63) is 0 Å². The Balaban J connectivity index is 1.81. The molecule has 0 spiro atoms. The number of nitrogens with one attached hydrogen (secondary N) is 1. The summed E-state index contributed by atoms with van der Waals surface area (Å²) in [5.41, 5.74) is 0. The van der Waals surface area contributed by atoms with Crippen LogP contribution in [0.15, 0.2) is 0 Å². The molecule has 2 bridgehead atoms. The maximum absolute atomic E-state index is 11.1. The van der Waals surface area contributed by atoms with Crippen molar-refractivity contribution >= 4 is 6.09 Å². The van der Waals surface area contributed by atoms with Crippen LogP contribution in [0.5, 0.6) is 0 Å². The number of nitrogens with zero attached hydrogens (tertiary/aromatic N) is 1. The Morgan fingerprint density at radius 3 is 2.47 bits per heavy atom. The molecule has 2 aliphatic heterocycles. The molecule has 0 aromatic heterocycles. The molecule has 1 amide bonds. The molecule has 98 valence electrons. The molecule has 0 aromatic rings. The molecule has 17 heavy (non-hydrogen) atoms. The largest absolute Gasteiger partial charge is 0.465 e. The smallest absolute Gasteiger partial charge is 0.407 e. The number of fused-ring (bicyclic) bond motifs is 2. The minimum Gasteiger partial charge on any atom is -0.465 e. The van der Waals surface area contributed by atoms with E-state index < -0.39 is 6.09 Å². The van der Waals surface area contributed by atoms with Gasteiger partial charge in [-0.1, -0.05) is 0 Å². The van der Waals surface area contributed by atoms with E-state index in [1.165, 1.54) is 0 Å². The van der Waals surface area contributed by atoms with E-state index >= 15 is 0 Å². The molecular weight excluding hydrogens is 220 g/mol. The highest BCUT2D eigenvalue weighted by Gasteiger charge is 2.43. The first kappa shape index (κ1) is 12.6. The highest BCUT2D eigenvalue weighted by atomic mass is 16.4. The van der Waals surface area contributed by atoms with E-state index in [9.17, 15) is 9.90 Å². The molecule has 0 aliphatic carbocycles. The monoisotopic (exact) mass is 242 g/mol. The first-order valence-corrected chi connectivity index (χ1v) is 6.50. The third-order valence-electron chi connectivity index (χ3n) is 3.95. The molecule has 2 rings (SSSR count). The van der Waals surface area contributed by atoms with Gasteiger partial charge in [0.05, 0.1) is 6.10 Å². The molecule has 2 saturated heterocycles. The Hall–Kier alpha value is -0.810. The molecule has 4 atom stereocenters. The van der Waals surface area contributed by atoms with Gasteiger partial charge in [0.1, 0.15) is 0 Å². The third-order valence-corrected chi connectivity index (χ3v) is 3.95. The lowest BCUT2D eigenvalue weighted by molar-refractivity contribution is 0.0913. The highest BCUT2D eigenvalue weighted by Crippen LogP contribution is 2.35. The summed E-state index contributed by atoms with van der Waals surface area (Å²) >= 11 is 0. The van der Waals surface area contributed by atoms with Gasteiger partial charge in [-0.2, -0.15) is 0 Å². The fourth-order valence-electron chi connectivity index (χ4n) is 3.15. The Bertz CT molecular complexity index is 269. The van der Waals surface area contributed by atoms with Gasteiger partial charge in [0.2, 0.25) is 0 Å². The number of carboxylic acid groups (broad SMARTS) is 1. The van der Waals surface area contributed by atoms with Crippen LogP contribution in [0, 0.1) is 0 Å². The lowest BCUT2D eigenvalue weighted by atomic mass is 9.97. The van der Waals surface area contributed by atoms with Crippen LogP contribution in [-0.2, 0) is 0 Å². The maximum Gasteiger partial charge on any atom is 0.407 e. The molecule has 1 unspecified atom stereocenters. The molecule has 0 aromatic carbocycles. The van der Waals surface area contributed by atoms with Crippen LogP contribution in [0.3, 0.4) is 0 Å². The summed E-state index contributed by atoms with van der Waals surface area (Å²) in [6.45, 7) is 2.60. The van der Waals surface area contributed by atoms with Gasteiger partial charge in [0, 0.05) is 18.1 Å². The molecule has 5 heteroatoms. The first-order valence-electron chi connectivity index (χ1n) is 6.50. The zero-order valence-corrected chi connectivity index (χ0v) is 10.3. The Morgan fingerprint density at radius 1 is 1.41 bits per heavy atom. The third kappa shape index (κ3) is 2.90. The van der Waals surface area contributed by atoms with Crippen molar-refractivity contribution in [3.8, 4) is 0 Å². The minimum atomic E-state index is -0.764. The van der Waals surface area contributed by atoms with Crippen LogP contribution in [0.1, 0.15) is 39.0 Å². The second-order valence-corrected chi connectivity index (χ2v) is 5.33. The molecular formula is C12H22N2O3. The van der Waals surface area contributed by atoms with E-state index in [2.05, 4.69) is 5.32 Å². The standard InChI is InChI=1S/C12H22N2O3/c1-8(15)4-5-13-9-6-10-2-3-11(7-9)14(10)12(16)17/h8-11,13,15H,2-7H2,1H3,(H,16,17)/t8?,9-,10+,11-. The number of carbonyl (C=O) groups is 1. The summed E-state index contributed by atoms with van der Waals surface area (Å²) in [5, 5.41) is 21.7. The summed E-state index contributed by atoms with van der Waals surface area (Å²) in [6, 6.07) is 0.826. The summed E-state index contributed by atoms with van der Waals surface area (Å²) in [4.78, 5) is 12.7. The van der Waals surface area contributed by atoms with E-state index in [0.29, 0.717) is 6.04 Å². The minimum absolute atomic E-state index is 0.204. The van der Waals surface area contributed by atoms with Gasteiger partial charge in [0.15, 0.2) is 0 Å². The van der Waals surface area contributed by atoms with Crippen LogP contribution in [0.2, 0.25) is 0 Å². The average molecular weight is 242 g/mol. The number of hydrogen-bond acceptors (Lipinski definition) is 3. The van der Waals surface area contributed by atoms with Crippen molar-refractivity contribution in [2.45, 2.75) is 63.3 Å². The van der Waals surface area contributed by atoms with E-state index in [1.54, 1.807) is 11.8 Å². The zero-order chi connectivity index (χ0) is 12.4. The number of hydrogen-bond donors (Lipinski definition) is 3. The highest BCUT2D eigenvalue weighted by molar-refractivity contribution is 5.66. The molecule has 0 radical (unpaired) electrons. The molecule has 0 saturated carbocycles. The van der Waals surface area contributed by atoms with Crippen molar-refractivity contribution in [2.75, 3.05) is 6.54 Å². The summed E-state index contributed by atoms with van der Waals surface area (Å²) in [7, 11) is 0. The van der Waals surface area contributed by atoms with Gasteiger partial charge in [-0.3, -0.25) is 0 Å². The van der Waals surface area contributed by atoms with Crippen molar-refractivity contribution < 1.29 is 15.0 Å². The topological polar surface area (TPSA) is 72.8 Å². The molecule has 2 aliphatic rings. The van der Waals surface area contributed by atoms with E-state index in [-0.39, 0.29) is 18.2 Å². The van der Waals surface area contributed by atoms with Gasteiger partial charge >= 0.3 is 6.09 Å². The fourth-order valence-corrected chi connectivity index (χ4v) is 3.15. The molecule has 2 fully saturated rings. The van der Waals surface area contributed by atoms with Gasteiger partial charge in [0.25, 0.3) is 0 Å². The second-order valence-electron chi connectivity index (χ2n) is 5.33. The summed E-state index contributed by atoms with van der Waals surface area (Å²) < 4.78 is 0. The Labute approximate surface area is 102 Å². The normalized spacial score (nSPS) is 33.8. The molecule has 3 N–H and O–H groups in total. The van der Waals surface area contributed by atoms with Crippen LogP contribution in [0.4, 0.5) is 4.79 Å². The van der Waals surface area contributed by atoms with Crippen LogP contribution in [0.25, 0.3) is 0 Å².